The lowest BCUT2D eigenvalue weighted by Gasteiger charge is -2.10. The second kappa shape index (κ2) is 15.2. The van der Waals surface area contributed by atoms with Crippen LogP contribution in [0.3, 0.4) is 0 Å². The average Bonchev–Trinajstić information content (AvgIpc) is 2.91. The van der Waals surface area contributed by atoms with Crippen molar-refractivity contribution in [3.63, 3.8) is 0 Å². The predicted molar refractivity (Wildman–Crippen MR) is 148 cm³/mol. The maximum absolute atomic E-state index is 12.3. The first-order chi connectivity index (χ1) is 17.6. The number of carbonyl (C=O) groups excluding carboxylic acids is 2. The van der Waals surface area contributed by atoms with Crippen molar-refractivity contribution in [2.24, 2.45) is 0 Å². The Morgan fingerprint density at radius 3 is 1.97 bits per heavy atom. The molecule has 36 heavy (non-hydrogen) atoms. The maximum atomic E-state index is 12.3. The number of hydrogen-bond donors (Lipinski definition) is 3. The van der Waals surface area contributed by atoms with E-state index in [0.717, 1.165) is 30.0 Å². The summed E-state index contributed by atoms with van der Waals surface area (Å²) in [4.78, 5) is 24.5. The van der Waals surface area contributed by atoms with Gasteiger partial charge in [-0.1, -0.05) is 62.9 Å². The van der Waals surface area contributed by atoms with E-state index in [9.17, 15) is 9.59 Å². The van der Waals surface area contributed by atoms with Gasteiger partial charge in [-0.2, -0.15) is 0 Å². The van der Waals surface area contributed by atoms with Crippen molar-refractivity contribution in [1.82, 2.24) is 0 Å². The number of nitrogens with one attached hydrogen (secondary N) is 3. The van der Waals surface area contributed by atoms with Crippen molar-refractivity contribution in [3.05, 3.63) is 84.4 Å². The van der Waals surface area contributed by atoms with Crippen molar-refractivity contribution >= 4 is 28.9 Å². The van der Waals surface area contributed by atoms with Crippen LogP contribution in [0.2, 0.25) is 0 Å². The molecule has 3 N–H and O–H groups in total. The first-order valence-corrected chi connectivity index (χ1v) is 12.8. The van der Waals surface area contributed by atoms with Crippen molar-refractivity contribution in [2.45, 2.75) is 51.9 Å². The summed E-state index contributed by atoms with van der Waals surface area (Å²) < 4.78 is 5.78. The Morgan fingerprint density at radius 1 is 0.694 bits per heavy atom. The third-order valence-corrected chi connectivity index (χ3v) is 5.76. The van der Waals surface area contributed by atoms with E-state index in [4.69, 9.17) is 4.74 Å². The first-order valence-electron chi connectivity index (χ1n) is 12.8. The molecular weight excluding hydrogens is 450 g/mol. The molecule has 190 valence electrons. The summed E-state index contributed by atoms with van der Waals surface area (Å²) in [5, 5.41) is 8.88. The molecule has 3 aromatic carbocycles. The highest BCUT2D eigenvalue weighted by Gasteiger charge is 2.06. The number of benzene rings is 3. The quantitative estimate of drug-likeness (QED) is 0.210. The largest absolute Gasteiger partial charge is 0.494 e. The van der Waals surface area contributed by atoms with E-state index in [1.807, 2.05) is 54.6 Å². The monoisotopic (exact) mass is 487 g/mol. The molecule has 0 unspecified atom stereocenters. The van der Waals surface area contributed by atoms with Gasteiger partial charge in [-0.25, -0.2) is 0 Å². The molecule has 0 aromatic heterocycles. The molecule has 0 heterocycles. The molecule has 0 fully saturated rings. The number of aryl methyl sites for hydroxylation is 1. The average molecular weight is 488 g/mol. The zero-order chi connectivity index (χ0) is 25.4. The number of unbranched alkanes of at least 4 members (excludes halogenated alkanes) is 4. The lowest BCUT2D eigenvalue weighted by Crippen LogP contribution is -2.21. The molecule has 0 radical (unpaired) electrons. The zero-order valence-corrected chi connectivity index (χ0v) is 21.1. The number of amides is 2. The molecule has 3 rings (SSSR count). The van der Waals surface area contributed by atoms with Crippen LogP contribution in [0.4, 0.5) is 17.1 Å². The van der Waals surface area contributed by atoms with E-state index in [2.05, 4.69) is 22.9 Å². The molecule has 0 saturated heterocycles. The third kappa shape index (κ3) is 10.2. The molecule has 0 aliphatic heterocycles. The van der Waals surface area contributed by atoms with Crippen LogP contribution in [0, 0.1) is 0 Å². The number of ether oxygens (including phenoxy) is 1. The molecule has 0 aliphatic carbocycles. The van der Waals surface area contributed by atoms with Crippen LogP contribution in [0.5, 0.6) is 5.75 Å². The molecule has 2 amide bonds. The minimum absolute atomic E-state index is 0.0387. The van der Waals surface area contributed by atoms with Gasteiger partial charge in [-0.3, -0.25) is 9.59 Å². The van der Waals surface area contributed by atoms with Gasteiger partial charge >= 0.3 is 0 Å². The summed E-state index contributed by atoms with van der Waals surface area (Å²) in [6, 6.07) is 24.7. The lowest BCUT2D eigenvalue weighted by atomic mass is 10.1. The highest BCUT2D eigenvalue weighted by molar-refractivity contribution is 5.94. The van der Waals surface area contributed by atoms with Crippen LogP contribution >= 0.6 is 0 Å². The fraction of sp³-hybridized carbons (Fsp3) is 0.333. The topological polar surface area (TPSA) is 79.5 Å². The molecule has 0 saturated carbocycles. The van der Waals surface area contributed by atoms with Crippen LogP contribution in [-0.4, -0.2) is 25.0 Å². The Bertz CT molecular complexity index is 1050. The zero-order valence-electron chi connectivity index (χ0n) is 21.1. The van der Waals surface area contributed by atoms with Gasteiger partial charge < -0.3 is 20.7 Å². The second-order valence-electron chi connectivity index (χ2n) is 8.80. The third-order valence-electron chi connectivity index (χ3n) is 5.76. The minimum Gasteiger partial charge on any atom is -0.494 e. The van der Waals surface area contributed by atoms with E-state index < -0.39 is 0 Å². The number of carbonyl (C=O) groups is 2. The molecule has 0 aliphatic rings. The Balaban J connectivity index is 1.33. The van der Waals surface area contributed by atoms with Crippen molar-refractivity contribution in [3.8, 4) is 5.75 Å². The van der Waals surface area contributed by atoms with Crippen LogP contribution in [0.25, 0.3) is 0 Å². The number of hydrogen-bond acceptors (Lipinski definition) is 4. The summed E-state index contributed by atoms with van der Waals surface area (Å²) in [5.74, 6) is 0.651. The normalized spacial score (nSPS) is 10.5. The molecular formula is C30H37N3O3. The number of rotatable bonds is 15. The standard InChI is InChI=1S/C30H37N3O3/c1-2-3-4-5-9-22-36-28-19-17-25(18-20-28)31-23-30(35)33-27-15-13-26(14-16-27)32-29(34)21-12-24-10-7-6-8-11-24/h6-8,10-11,13-20,31H,2-5,9,12,21-23H2,1H3,(H,32,34)(H,33,35). The van der Waals surface area contributed by atoms with Crippen molar-refractivity contribution < 1.29 is 14.3 Å². The smallest absolute Gasteiger partial charge is 0.243 e. The highest BCUT2D eigenvalue weighted by Crippen LogP contribution is 2.17. The predicted octanol–water partition coefficient (Wildman–Crippen LogP) is 6.66. The van der Waals surface area contributed by atoms with Crippen LogP contribution in [-0.2, 0) is 16.0 Å². The summed E-state index contributed by atoms with van der Waals surface area (Å²) >= 11 is 0. The van der Waals surface area contributed by atoms with Crippen molar-refractivity contribution in [2.75, 3.05) is 29.1 Å². The van der Waals surface area contributed by atoms with Crippen LogP contribution in [0.15, 0.2) is 78.9 Å². The van der Waals surface area contributed by atoms with E-state index in [0.29, 0.717) is 24.2 Å². The molecule has 3 aromatic rings. The fourth-order valence-electron chi connectivity index (χ4n) is 3.72. The van der Waals surface area contributed by atoms with E-state index in [1.54, 1.807) is 24.3 Å². The van der Waals surface area contributed by atoms with Gasteiger partial charge in [0.25, 0.3) is 0 Å². The molecule has 0 bridgehead atoms. The Labute approximate surface area is 214 Å². The SMILES string of the molecule is CCCCCCCOc1ccc(NCC(=O)Nc2ccc(NC(=O)CCc3ccccc3)cc2)cc1. The number of anilines is 3. The minimum atomic E-state index is -0.151. The lowest BCUT2D eigenvalue weighted by molar-refractivity contribution is -0.116. The van der Waals surface area contributed by atoms with Crippen LogP contribution < -0.4 is 20.7 Å². The summed E-state index contributed by atoms with van der Waals surface area (Å²) in [7, 11) is 0. The van der Waals surface area contributed by atoms with Gasteiger partial charge in [0, 0.05) is 23.5 Å². The second-order valence-corrected chi connectivity index (χ2v) is 8.80. The van der Waals surface area contributed by atoms with E-state index in [-0.39, 0.29) is 18.4 Å². The highest BCUT2D eigenvalue weighted by atomic mass is 16.5. The van der Waals surface area contributed by atoms with E-state index >= 15 is 0 Å². The van der Waals surface area contributed by atoms with Gasteiger partial charge in [-0.05, 0) is 66.9 Å². The summed E-state index contributed by atoms with van der Waals surface area (Å²) in [5.41, 5.74) is 3.37. The molecule has 0 atom stereocenters. The van der Waals surface area contributed by atoms with Gasteiger partial charge in [0.15, 0.2) is 0 Å². The molecule has 0 spiro atoms. The first kappa shape index (κ1) is 26.8. The molecule has 6 heteroatoms. The van der Waals surface area contributed by atoms with E-state index in [1.165, 1.54) is 25.7 Å². The fourth-order valence-corrected chi connectivity index (χ4v) is 3.72. The Hall–Kier alpha value is -3.80. The summed E-state index contributed by atoms with van der Waals surface area (Å²) in [6.07, 6.45) is 7.18. The summed E-state index contributed by atoms with van der Waals surface area (Å²) in [6.45, 7) is 3.09. The van der Waals surface area contributed by atoms with Gasteiger partial charge in [0.2, 0.25) is 11.8 Å². The Kier molecular flexibility index (Phi) is 11.4. The van der Waals surface area contributed by atoms with Gasteiger partial charge in [0.1, 0.15) is 5.75 Å². The molecule has 6 nitrogen and oxygen atoms in total. The van der Waals surface area contributed by atoms with Crippen molar-refractivity contribution in [1.29, 1.82) is 0 Å². The van der Waals surface area contributed by atoms with Gasteiger partial charge in [-0.15, -0.1) is 0 Å². The van der Waals surface area contributed by atoms with Crippen LogP contribution in [0.1, 0.15) is 51.0 Å². The van der Waals surface area contributed by atoms with Gasteiger partial charge in [0.05, 0.1) is 13.2 Å². The maximum Gasteiger partial charge on any atom is 0.243 e. The Morgan fingerprint density at radius 2 is 1.31 bits per heavy atom.